The highest BCUT2D eigenvalue weighted by molar-refractivity contribution is 7.09. The van der Waals surface area contributed by atoms with E-state index in [2.05, 4.69) is 44.9 Å². The number of aryl methyl sites for hydroxylation is 1. The van der Waals surface area contributed by atoms with Gasteiger partial charge in [0.05, 0.1) is 5.01 Å². The second-order valence-corrected chi connectivity index (χ2v) is 6.21. The average molecular weight is 306 g/mol. The predicted octanol–water partition coefficient (Wildman–Crippen LogP) is 2.61. The number of nitrogens with one attached hydrogen (secondary N) is 2. The zero-order chi connectivity index (χ0) is 15.4. The van der Waals surface area contributed by atoms with Gasteiger partial charge >= 0.3 is 0 Å². The average Bonchev–Trinajstić information content (AvgIpc) is 2.86. The van der Waals surface area contributed by atoms with Crippen LogP contribution in [0.1, 0.15) is 41.9 Å². The molecule has 0 aliphatic rings. The molecule has 0 aliphatic carbocycles. The number of nitrogens with two attached hydrogens (primary N) is 1. The highest BCUT2D eigenvalue weighted by atomic mass is 32.1. The van der Waals surface area contributed by atoms with Gasteiger partial charge in [-0.25, -0.2) is 20.8 Å². The minimum Gasteiger partial charge on any atom is -0.369 e. The molecule has 0 spiro atoms. The summed E-state index contributed by atoms with van der Waals surface area (Å²) in [7, 11) is 0. The van der Waals surface area contributed by atoms with Crippen molar-refractivity contribution in [1.29, 1.82) is 0 Å². The molecule has 0 radical (unpaired) electrons. The Morgan fingerprint density at radius 3 is 2.48 bits per heavy atom. The van der Waals surface area contributed by atoms with E-state index < -0.39 is 0 Å². The van der Waals surface area contributed by atoms with Gasteiger partial charge < -0.3 is 10.7 Å². The molecule has 0 atom stereocenters. The Labute approximate surface area is 129 Å². The van der Waals surface area contributed by atoms with Crippen LogP contribution in [0.2, 0.25) is 0 Å². The molecule has 6 nitrogen and oxygen atoms in total. The molecule has 2 heterocycles. The lowest BCUT2D eigenvalue weighted by Crippen LogP contribution is -2.16. The first-order chi connectivity index (χ1) is 10.0. The van der Waals surface area contributed by atoms with Crippen LogP contribution < -0.4 is 16.6 Å². The molecule has 0 amide bonds. The Hall–Kier alpha value is -1.73. The van der Waals surface area contributed by atoms with Crippen molar-refractivity contribution in [2.75, 3.05) is 17.3 Å². The summed E-state index contributed by atoms with van der Waals surface area (Å²) in [5, 5.41) is 6.56. The molecule has 4 N–H and O–H groups in total. The van der Waals surface area contributed by atoms with Gasteiger partial charge in [0.2, 0.25) is 0 Å². The molecule has 0 aliphatic heterocycles. The molecule has 0 fully saturated rings. The van der Waals surface area contributed by atoms with Crippen LogP contribution in [0.5, 0.6) is 0 Å². The molecule has 0 bridgehead atoms. The van der Waals surface area contributed by atoms with Crippen molar-refractivity contribution in [2.45, 2.75) is 40.0 Å². The molecule has 0 unspecified atom stereocenters. The third-order valence-electron chi connectivity index (χ3n) is 3.11. The lowest BCUT2D eigenvalue weighted by atomic mass is 10.2. The van der Waals surface area contributed by atoms with Gasteiger partial charge in [-0.3, -0.25) is 0 Å². The molecule has 0 aromatic carbocycles. The van der Waals surface area contributed by atoms with Crippen molar-refractivity contribution in [2.24, 2.45) is 5.84 Å². The fourth-order valence-corrected chi connectivity index (χ4v) is 2.69. The number of hydrazine groups is 1. The number of hydrogen-bond donors (Lipinski definition) is 3. The molecule has 114 valence electrons. The van der Waals surface area contributed by atoms with Crippen molar-refractivity contribution < 1.29 is 0 Å². The monoisotopic (exact) mass is 306 g/mol. The van der Waals surface area contributed by atoms with Crippen LogP contribution in [-0.2, 0) is 6.42 Å². The number of aromatic nitrogens is 3. The summed E-state index contributed by atoms with van der Waals surface area (Å²) in [6.45, 7) is 8.87. The topological polar surface area (TPSA) is 88.8 Å². The van der Waals surface area contributed by atoms with E-state index >= 15 is 0 Å². The number of thiazole rings is 1. The van der Waals surface area contributed by atoms with Crippen LogP contribution in [-0.4, -0.2) is 21.5 Å². The zero-order valence-corrected chi connectivity index (χ0v) is 13.7. The van der Waals surface area contributed by atoms with Gasteiger partial charge in [0, 0.05) is 35.5 Å². The van der Waals surface area contributed by atoms with Gasteiger partial charge in [0.15, 0.2) is 0 Å². The lowest BCUT2D eigenvalue weighted by Gasteiger charge is -2.14. The summed E-state index contributed by atoms with van der Waals surface area (Å²) >= 11 is 1.69. The van der Waals surface area contributed by atoms with Crippen molar-refractivity contribution >= 4 is 23.0 Å². The molecular weight excluding hydrogens is 284 g/mol. The van der Waals surface area contributed by atoms with Crippen LogP contribution in [0.15, 0.2) is 5.38 Å². The van der Waals surface area contributed by atoms with E-state index in [1.807, 2.05) is 13.8 Å². The van der Waals surface area contributed by atoms with Gasteiger partial charge in [0.1, 0.15) is 17.5 Å². The van der Waals surface area contributed by atoms with Gasteiger partial charge in [-0.2, -0.15) is 0 Å². The van der Waals surface area contributed by atoms with E-state index in [9.17, 15) is 0 Å². The summed E-state index contributed by atoms with van der Waals surface area (Å²) in [4.78, 5) is 13.5. The van der Waals surface area contributed by atoms with Crippen molar-refractivity contribution in [1.82, 2.24) is 15.0 Å². The Morgan fingerprint density at radius 2 is 1.90 bits per heavy atom. The highest BCUT2D eigenvalue weighted by Gasteiger charge is 2.12. The molecule has 2 aromatic rings. The predicted molar refractivity (Wildman–Crippen MR) is 87.7 cm³/mol. The van der Waals surface area contributed by atoms with E-state index in [1.54, 1.807) is 11.3 Å². The standard InChI is InChI=1S/C14H22N6S/c1-8(2)12-18-13(10(4)14(19-12)20-15)16-6-5-11-17-9(3)7-21-11/h7-8H,5-6,15H2,1-4H3,(H2,16,18,19,20). The van der Waals surface area contributed by atoms with Crippen LogP contribution in [0.25, 0.3) is 0 Å². The molecule has 2 aromatic heterocycles. The summed E-state index contributed by atoms with van der Waals surface area (Å²) in [5.74, 6) is 8.06. The molecule has 0 saturated carbocycles. The van der Waals surface area contributed by atoms with Crippen LogP contribution in [0.4, 0.5) is 11.6 Å². The summed E-state index contributed by atoms with van der Waals surface area (Å²) in [6.07, 6.45) is 0.879. The second kappa shape index (κ2) is 6.82. The molecule has 21 heavy (non-hydrogen) atoms. The minimum atomic E-state index is 0.250. The first-order valence-corrected chi connectivity index (χ1v) is 7.89. The van der Waals surface area contributed by atoms with Crippen molar-refractivity contribution in [3.05, 3.63) is 27.5 Å². The third-order valence-corrected chi connectivity index (χ3v) is 4.14. The van der Waals surface area contributed by atoms with Gasteiger partial charge in [-0.05, 0) is 13.8 Å². The van der Waals surface area contributed by atoms with Gasteiger partial charge in [-0.1, -0.05) is 13.8 Å². The maximum Gasteiger partial charge on any atom is 0.148 e. The minimum absolute atomic E-state index is 0.250. The van der Waals surface area contributed by atoms with Crippen LogP contribution in [0, 0.1) is 13.8 Å². The first-order valence-electron chi connectivity index (χ1n) is 7.01. The Bertz CT molecular complexity index is 608. The van der Waals surface area contributed by atoms with Crippen LogP contribution in [0.3, 0.4) is 0 Å². The third kappa shape index (κ3) is 3.89. The summed E-state index contributed by atoms with van der Waals surface area (Å²) < 4.78 is 0. The number of rotatable bonds is 6. The quantitative estimate of drug-likeness (QED) is 0.561. The van der Waals surface area contributed by atoms with E-state index in [4.69, 9.17) is 5.84 Å². The summed E-state index contributed by atoms with van der Waals surface area (Å²) in [6, 6.07) is 0. The number of anilines is 2. The summed E-state index contributed by atoms with van der Waals surface area (Å²) in [5.41, 5.74) is 4.64. The van der Waals surface area contributed by atoms with E-state index in [-0.39, 0.29) is 5.92 Å². The smallest absolute Gasteiger partial charge is 0.148 e. The van der Waals surface area contributed by atoms with Crippen molar-refractivity contribution in [3.8, 4) is 0 Å². The maximum absolute atomic E-state index is 5.53. The highest BCUT2D eigenvalue weighted by Crippen LogP contribution is 2.22. The Balaban J connectivity index is 2.09. The molecule has 0 saturated heterocycles. The van der Waals surface area contributed by atoms with E-state index in [0.29, 0.717) is 5.82 Å². The van der Waals surface area contributed by atoms with Crippen LogP contribution >= 0.6 is 11.3 Å². The van der Waals surface area contributed by atoms with E-state index in [1.165, 1.54) is 0 Å². The van der Waals surface area contributed by atoms with Crippen molar-refractivity contribution in [3.63, 3.8) is 0 Å². The number of nitrogens with zero attached hydrogens (tertiary/aromatic N) is 3. The Morgan fingerprint density at radius 1 is 1.19 bits per heavy atom. The second-order valence-electron chi connectivity index (χ2n) is 5.26. The molecule has 7 heteroatoms. The van der Waals surface area contributed by atoms with Gasteiger partial charge in [-0.15, -0.1) is 11.3 Å². The fourth-order valence-electron chi connectivity index (χ4n) is 1.91. The SMILES string of the molecule is Cc1csc(CCNc2nc(C(C)C)nc(NN)c2C)n1. The van der Waals surface area contributed by atoms with E-state index in [0.717, 1.165) is 40.9 Å². The maximum atomic E-state index is 5.53. The molecular formula is C14H22N6S. The number of nitrogen functional groups attached to an aromatic ring is 1. The Kier molecular flexibility index (Phi) is 5.08. The first kappa shape index (κ1) is 15.7. The zero-order valence-electron chi connectivity index (χ0n) is 12.9. The number of hydrogen-bond acceptors (Lipinski definition) is 7. The normalized spacial score (nSPS) is 11.0. The fraction of sp³-hybridized carbons (Fsp3) is 0.500. The lowest BCUT2D eigenvalue weighted by molar-refractivity contribution is 0.772. The largest absolute Gasteiger partial charge is 0.369 e. The molecule has 2 rings (SSSR count). The van der Waals surface area contributed by atoms with Gasteiger partial charge in [0.25, 0.3) is 0 Å².